The van der Waals surface area contributed by atoms with Gasteiger partial charge < -0.3 is 14.8 Å². The fourth-order valence-corrected chi connectivity index (χ4v) is 3.97. The average molecular weight is 322 g/mol. The Labute approximate surface area is 122 Å². The monoisotopic (exact) mass is 322 g/mol. The maximum absolute atomic E-state index is 12.1. The van der Waals surface area contributed by atoms with Crippen LogP contribution in [0.3, 0.4) is 0 Å². The minimum absolute atomic E-state index is 0.0306. The van der Waals surface area contributed by atoms with Gasteiger partial charge in [-0.25, -0.2) is 17.9 Å². The van der Waals surface area contributed by atoms with E-state index < -0.39 is 16.0 Å². The number of methoxy groups -OCH3 is 2. The van der Waals surface area contributed by atoms with Crippen molar-refractivity contribution in [1.82, 2.24) is 10.0 Å². The Hall–Kier alpha value is -1.16. The second kappa shape index (κ2) is 7.58. The van der Waals surface area contributed by atoms with E-state index in [4.69, 9.17) is 4.74 Å². The minimum atomic E-state index is -3.71. The molecule has 2 N–H and O–H groups in total. The Morgan fingerprint density at radius 3 is 2.60 bits per heavy atom. The van der Waals surface area contributed by atoms with Crippen LogP contribution >= 0.6 is 11.3 Å². The summed E-state index contributed by atoms with van der Waals surface area (Å²) in [6.07, 6.45) is 0. The lowest BCUT2D eigenvalue weighted by Crippen LogP contribution is -2.31. The number of hydrogen-bond donors (Lipinski definition) is 2. The SMILES string of the molecule is CCNCCNS(=O)(=O)c1sc(C(=O)OC)cc1OC. The Morgan fingerprint density at radius 2 is 2.05 bits per heavy atom. The molecule has 0 amide bonds. The number of nitrogens with one attached hydrogen (secondary N) is 2. The quantitative estimate of drug-likeness (QED) is 0.532. The summed E-state index contributed by atoms with van der Waals surface area (Å²) in [5.41, 5.74) is 0. The van der Waals surface area contributed by atoms with Gasteiger partial charge in [0.1, 0.15) is 4.88 Å². The summed E-state index contributed by atoms with van der Waals surface area (Å²) < 4.78 is 36.3. The Kier molecular flexibility index (Phi) is 6.40. The van der Waals surface area contributed by atoms with E-state index >= 15 is 0 Å². The van der Waals surface area contributed by atoms with Gasteiger partial charge in [-0.05, 0) is 6.54 Å². The summed E-state index contributed by atoms with van der Waals surface area (Å²) in [4.78, 5) is 11.6. The molecule has 0 aromatic carbocycles. The first kappa shape index (κ1) is 16.9. The standard InChI is InChI=1S/C11H18N2O5S2/c1-4-12-5-6-13-20(15,16)11-8(17-2)7-9(19-11)10(14)18-3/h7,12-13H,4-6H2,1-3H3. The predicted molar refractivity (Wildman–Crippen MR) is 75.9 cm³/mol. The molecule has 9 heteroatoms. The highest BCUT2D eigenvalue weighted by atomic mass is 32.2. The Bertz CT molecular complexity index is 553. The van der Waals surface area contributed by atoms with Gasteiger partial charge in [-0.15, -0.1) is 11.3 Å². The molecule has 0 saturated carbocycles. The molecule has 0 saturated heterocycles. The average Bonchev–Trinajstić information content (AvgIpc) is 2.88. The van der Waals surface area contributed by atoms with Crippen LogP contribution in [0.25, 0.3) is 0 Å². The topological polar surface area (TPSA) is 93.7 Å². The second-order valence-corrected chi connectivity index (χ2v) is 6.72. The third kappa shape index (κ3) is 4.17. The van der Waals surface area contributed by atoms with Crippen LogP contribution in [0, 0.1) is 0 Å². The molecular weight excluding hydrogens is 304 g/mol. The molecule has 20 heavy (non-hydrogen) atoms. The van der Waals surface area contributed by atoms with Crippen LogP contribution in [0.4, 0.5) is 0 Å². The molecule has 114 valence electrons. The van der Waals surface area contributed by atoms with E-state index in [1.54, 1.807) is 0 Å². The molecule has 0 fully saturated rings. The summed E-state index contributed by atoms with van der Waals surface area (Å²) in [5.74, 6) is -0.464. The highest BCUT2D eigenvalue weighted by molar-refractivity contribution is 7.91. The number of esters is 1. The molecule has 1 aromatic heterocycles. The van der Waals surface area contributed by atoms with Crippen LogP contribution < -0.4 is 14.8 Å². The summed E-state index contributed by atoms with van der Waals surface area (Å²) in [6, 6.07) is 1.36. The van der Waals surface area contributed by atoms with Gasteiger partial charge in [0.15, 0.2) is 9.96 Å². The van der Waals surface area contributed by atoms with E-state index in [1.165, 1.54) is 20.3 Å². The summed E-state index contributed by atoms with van der Waals surface area (Å²) in [5, 5.41) is 3.00. The zero-order valence-corrected chi connectivity index (χ0v) is 13.2. The van der Waals surface area contributed by atoms with Crippen molar-refractivity contribution in [2.75, 3.05) is 33.9 Å². The minimum Gasteiger partial charge on any atom is -0.494 e. The summed E-state index contributed by atoms with van der Waals surface area (Å²) in [6.45, 7) is 3.47. The van der Waals surface area contributed by atoms with Crippen LogP contribution in [0.15, 0.2) is 10.3 Å². The first-order valence-electron chi connectivity index (χ1n) is 5.92. The Morgan fingerprint density at radius 1 is 1.35 bits per heavy atom. The summed E-state index contributed by atoms with van der Waals surface area (Å²) >= 11 is 0.817. The first-order valence-corrected chi connectivity index (χ1v) is 8.22. The molecule has 1 aromatic rings. The van der Waals surface area contributed by atoms with Crippen LogP contribution in [0.2, 0.25) is 0 Å². The number of likely N-dealkylation sites (N-methyl/N-ethyl adjacent to an activating group) is 1. The highest BCUT2D eigenvalue weighted by Gasteiger charge is 2.25. The highest BCUT2D eigenvalue weighted by Crippen LogP contribution is 2.33. The van der Waals surface area contributed by atoms with E-state index in [0.29, 0.717) is 6.54 Å². The first-order chi connectivity index (χ1) is 9.46. The molecule has 0 radical (unpaired) electrons. The third-order valence-corrected chi connectivity index (χ3v) is 5.43. The van der Waals surface area contributed by atoms with Crippen molar-refractivity contribution in [2.45, 2.75) is 11.1 Å². The fourth-order valence-electron chi connectivity index (χ4n) is 1.40. The number of rotatable bonds is 8. The lowest BCUT2D eigenvalue weighted by atomic mass is 10.4. The van der Waals surface area contributed by atoms with E-state index in [2.05, 4.69) is 14.8 Å². The van der Waals surface area contributed by atoms with Crippen molar-refractivity contribution in [3.8, 4) is 5.75 Å². The molecule has 1 rings (SSSR count). The molecule has 0 bridgehead atoms. The molecule has 0 aliphatic carbocycles. The largest absolute Gasteiger partial charge is 0.494 e. The van der Waals surface area contributed by atoms with Gasteiger partial charge in [0.05, 0.1) is 14.2 Å². The summed E-state index contributed by atoms with van der Waals surface area (Å²) in [7, 11) is -1.13. The van der Waals surface area contributed by atoms with Crippen molar-refractivity contribution in [3.05, 3.63) is 10.9 Å². The maximum Gasteiger partial charge on any atom is 0.348 e. The number of ether oxygens (including phenoxy) is 2. The van der Waals surface area contributed by atoms with Gasteiger partial charge in [-0.1, -0.05) is 6.92 Å². The molecule has 0 aliphatic heterocycles. The molecule has 0 aliphatic rings. The molecule has 0 atom stereocenters. The zero-order valence-electron chi connectivity index (χ0n) is 11.6. The fraction of sp³-hybridized carbons (Fsp3) is 0.545. The van der Waals surface area contributed by atoms with Crippen molar-refractivity contribution in [3.63, 3.8) is 0 Å². The van der Waals surface area contributed by atoms with Crippen molar-refractivity contribution in [1.29, 1.82) is 0 Å². The molecule has 0 unspecified atom stereocenters. The normalized spacial score (nSPS) is 11.3. The predicted octanol–water partition coefficient (Wildman–Crippen LogP) is 0.431. The van der Waals surface area contributed by atoms with Gasteiger partial charge >= 0.3 is 5.97 Å². The number of sulfonamides is 1. The molecular formula is C11H18N2O5S2. The van der Waals surface area contributed by atoms with E-state index in [9.17, 15) is 13.2 Å². The van der Waals surface area contributed by atoms with Gasteiger partial charge in [0.25, 0.3) is 10.0 Å². The van der Waals surface area contributed by atoms with E-state index in [0.717, 1.165) is 17.9 Å². The van der Waals surface area contributed by atoms with Crippen LogP contribution in [0.5, 0.6) is 5.75 Å². The number of carbonyl (C=O) groups excluding carboxylic acids is 1. The Balaban J connectivity index is 2.93. The lowest BCUT2D eigenvalue weighted by Gasteiger charge is -2.06. The van der Waals surface area contributed by atoms with Gasteiger partial charge in [0.2, 0.25) is 0 Å². The van der Waals surface area contributed by atoms with Crippen molar-refractivity contribution in [2.24, 2.45) is 0 Å². The third-order valence-electron chi connectivity index (χ3n) is 2.36. The molecule has 7 nitrogen and oxygen atoms in total. The van der Waals surface area contributed by atoms with Gasteiger partial charge in [-0.3, -0.25) is 0 Å². The smallest absolute Gasteiger partial charge is 0.348 e. The van der Waals surface area contributed by atoms with E-state index in [-0.39, 0.29) is 21.4 Å². The van der Waals surface area contributed by atoms with Crippen LogP contribution in [-0.4, -0.2) is 48.2 Å². The molecule has 1 heterocycles. The van der Waals surface area contributed by atoms with Gasteiger partial charge in [-0.2, -0.15) is 0 Å². The number of carbonyl (C=O) groups is 1. The number of hydrogen-bond acceptors (Lipinski definition) is 7. The van der Waals surface area contributed by atoms with Crippen molar-refractivity contribution < 1.29 is 22.7 Å². The lowest BCUT2D eigenvalue weighted by molar-refractivity contribution is 0.0606. The van der Waals surface area contributed by atoms with Crippen LogP contribution in [0.1, 0.15) is 16.6 Å². The maximum atomic E-state index is 12.1. The van der Waals surface area contributed by atoms with Crippen molar-refractivity contribution >= 4 is 27.3 Å². The molecule has 0 spiro atoms. The second-order valence-electron chi connectivity index (χ2n) is 3.71. The van der Waals surface area contributed by atoms with Gasteiger partial charge in [0, 0.05) is 19.2 Å². The van der Waals surface area contributed by atoms with Crippen LogP contribution in [-0.2, 0) is 14.8 Å². The number of thiophene rings is 1. The zero-order chi connectivity index (χ0) is 15.2. The van der Waals surface area contributed by atoms with E-state index in [1.807, 2.05) is 6.92 Å².